The van der Waals surface area contributed by atoms with Gasteiger partial charge in [-0.15, -0.1) is 11.3 Å². The summed E-state index contributed by atoms with van der Waals surface area (Å²) in [6.07, 6.45) is 1.02. The molecule has 2 heterocycles. The fourth-order valence-corrected chi connectivity index (χ4v) is 4.80. The number of benzene rings is 2. The average molecular weight is 470 g/mol. The maximum Gasteiger partial charge on any atom is 0.257 e. The van der Waals surface area contributed by atoms with E-state index in [9.17, 15) is 18.4 Å². The molecule has 1 aromatic heterocycles. The number of fused-ring (bicyclic) bond motifs is 1. The topological polar surface area (TPSA) is 61.4 Å². The van der Waals surface area contributed by atoms with Gasteiger partial charge in [-0.1, -0.05) is 19.9 Å². The van der Waals surface area contributed by atoms with Crippen molar-refractivity contribution in [3.05, 3.63) is 81.5 Å². The highest BCUT2D eigenvalue weighted by molar-refractivity contribution is 7.10. The highest BCUT2D eigenvalue weighted by Gasteiger charge is 2.27. The van der Waals surface area contributed by atoms with Crippen molar-refractivity contribution in [3.63, 3.8) is 0 Å². The molecule has 1 atom stereocenters. The van der Waals surface area contributed by atoms with Crippen LogP contribution in [0.2, 0.25) is 0 Å². The Labute approximate surface area is 195 Å². The molecule has 33 heavy (non-hydrogen) atoms. The predicted molar refractivity (Wildman–Crippen MR) is 127 cm³/mol. The summed E-state index contributed by atoms with van der Waals surface area (Å²) in [4.78, 5) is 29.1. The second kappa shape index (κ2) is 9.70. The van der Waals surface area contributed by atoms with Gasteiger partial charge >= 0.3 is 0 Å². The van der Waals surface area contributed by atoms with Gasteiger partial charge in [0.1, 0.15) is 23.2 Å². The van der Waals surface area contributed by atoms with Gasteiger partial charge in [-0.25, -0.2) is 8.78 Å². The Hall–Kier alpha value is -3.26. The third kappa shape index (κ3) is 5.06. The first-order valence-corrected chi connectivity index (χ1v) is 11.7. The number of hydrogen-bond donors (Lipinski definition) is 2. The molecular weight excluding hydrogens is 444 g/mol. The molecule has 0 aliphatic carbocycles. The van der Waals surface area contributed by atoms with Gasteiger partial charge in [0.15, 0.2) is 0 Å². The van der Waals surface area contributed by atoms with Crippen molar-refractivity contribution in [2.45, 2.75) is 32.9 Å². The van der Waals surface area contributed by atoms with E-state index >= 15 is 0 Å². The van der Waals surface area contributed by atoms with Crippen LogP contribution < -0.4 is 15.5 Å². The molecular formula is C25H25F2N3O2S. The molecule has 3 aromatic rings. The highest BCUT2D eigenvalue weighted by Crippen LogP contribution is 2.28. The number of nitrogens with zero attached hydrogens (tertiary/aromatic N) is 1. The normalized spacial score (nSPS) is 14.0. The Kier molecular flexibility index (Phi) is 6.74. The van der Waals surface area contributed by atoms with Gasteiger partial charge in [0.2, 0.25) is 5.91 Å². The largest absolute Gasteiger partial charge is 0.367 e. The summed E-state index contributed by atoms with van der Waals surface area (Å²) >= 11 is 1.80. The Morgan fingerprint density at radius 3 is 2.39 bits per heavy atom. The number of carbonyl (C=O) groups is 2. The average Bonchev–Trinajstić information content (AvgIpc) is 3.25. The van der Waals surface area contributed by atoms with Crippen LogP contribution in [-0.4, -0.2) is 24.4 Å². The second-order valence-electron chi connectivity index (χ2n) is 8.37. The van der Waals surface area contributed by atoms with Crippen LogP contribution in [0.25, 0.3) is 0 Å². The Balaban J connectivity index is 1.42. The smallest absolute Gasteiger partial charge is 0.257 e. The van der Waals surface area contributed by atoms with Gasteiger partial charge in [0.05, 0.1) is 0 Å². The van der Waals surface area contributed by atoms with E-state index in [0.29, 0.717) is 5.69 Å². The number of rotatable bonds is 6. The lowest BCUT2D eigenvalue weighted by Gasteiger charge is -2.29. The van der Waals surface area contributed by atoms with Crippen molar-refractivity contribution in [2.75, 3.05) is 16.8 Å². The van der Waals surface area contributed by atoms with E-state index in [4.69, 9.17) is 0 Å². The second-order valence-corrected chi connectivity index (χ2v) is 9.37. The van der Waals surface area contributed by atoms with Gasteiger partial charge in [-0.05, 0) is 65.7 Å². The van der Waals surface area contributed by atoms with E-state index in [1.807, 2.05) is 24.3 Å². The van der Waals surface area contributed by atoms with E-state index in [2.05, 4.69) is 27.0 Å². The van der Waals surface area contributed by atoms with Crippen LogP contribution in [0.1, 0.15) is 34.6 Å². The maximum atomic E-state index is 14.0. The van der Waals surface area contributed by atoms with Crippen LogP contribution in [0.5, 0.6) is 0 Å². The number of thiophene rings is 1. The molecule has 1 unspecified atom stereocenters. The first kappa shape index (κ1) is 22.9. The maximum absolute atomic E-state index is 14.0. The summed E-state index contributed by atoms with van der Waals surface area (Å²) in [5.41, 5.74) is 2.29. The molecule has 0 fully saturated rings. The van der Waals surface area contributed by atoms with E-state index in [1.54, 1.807) is 25.2 Å². The Bertz CT molecular complexity index is 1140. The minimum Gasteiger partial charge on any atom is -0.367 e. The van der Waals surface area contributed by atoms with Gasteiger partial charge in [0.25, 0.3) is 5.91 Å². The molecule has 2 amide bonds. The third-order valence-corrected chi connectivity index (χ3v) is 6.76. The van der Waals surface area contributed by atoms with Gasteiger partial charge in [-0.3, -0.25) is 9.59 Å². The van der Waals surface area contributed by atoms with Crippen LogP contribution in [-0.2, 0) is 17.8 Å². The first-order chi connectivity index (χ1) is 15.8. The van der Waals surface area contributed by atoms with Crippen molar-refractivity contribution in [3.8, 4) is 0 Å². The molecule has 8 heteroatoms. The molecule has 5 nitrogen and oxygen atoms in total. The molecule has 172 valence electrons. The quantitative estimate of drug-likeness (QED) is 0.535. The van der Waals surface area contributed by atoms with Crippen molar-refractivity contribution in [2.24, 2.45) is 5.92 Å². The van der Waals surface area contributed by atoms with Gasteiger partial charge in [0, 0.05) is 29.3 Å². The minimum absolute atomic E-state index is 0.295. The van der Waals surface area contributed by atoms with Crippen LogP contribution in [0.15, 0.2) is 53.9 Å². The minimum atomic E-state index is -0.974. The van der Waals surface area contributed by atoms with Gasteiger partial charge in [-0.2, -0.15) is 0 Å². The molecule has 4 rings (SSSR count). The molecule has 2 aromatic carbocycles. The molecule has 0 saturated carbocycles. The summed E-state index contributed by atoms with van der Waals surface area (Å²) in [6.45, 7) is 5.30. The van der Waals surface area contributed by atoms with Crippen molar-refractivity contribution in [1.29, 1.82) is 0 Å². The fraction of sp³-hybridized carbons (Fsp3) is 0.280. The molecule has 0 bridgehead atoms. The summed E-state index contributed by atoms with van der Waals surface area (Å²) in [7, 11) is 0. The molecule has 2 N–H and O–H groups in total. The lowest BCUT2D eigenvalue weighted by Crippen LogP contribution is -2.47. The number of nitrogens with one attached hydrogen (secondary N) is 2. The number of anilines is 2. The van der Waals surface area contributed by atoms with Crippen molar-refractivity contribution < 1.29 is 18.4 Å². The van der Waals surface area contributed by atoms with Crippen LogP contribution in [0.4, 0.5) is 20.2 Å². The lowest BCUT2D eigenvalue weighted by molar-refractivity contribution is -0.118. The number of halogens is 2. The van der Waals surface area contributed by atoms with Gasteiger partial charge < -0.3 is 15.5 Å². The van der Waals surface area contributed by atoms with E-state index in [0.717, 1.165) is 37.3 Å². The number of carbonyl (C=O) groups excluding carboxylic acids is 2. The van der Waals surface area contributed by atoms with E-state index in [1.165, 1.54) is 16.5 Å². The standard InChI is InChI=1S/C25H25F2N3O2S/c1-15(2)23(29-24(31)22-19(26)4-3-5-20(22)27)25(32)28-17-6-8-18(9-7-17)30-12-10-21-16(14-30)11-13-33-21/h3-9,11,13,15,23H,10,12,14H2,1-2H3,(H,28,32)(H,29,31). The lowest BCUT2D eigenvalue weighted by atomic mass is 10.0. The zero-order valence-corrected chi connectivity index (χ0v) is 19.2. The summed E-state index contributed by atoms with van der Waals surface area (Å²) in [5, 5.41) is 7.38. The highest BCUT2D eigenvalue weighted by atomic mass is 32.1. The SMILES string of the molecule is CC(C)C(NC(=O)c1c(F)cccc1F)C(=O)Nc1ccc(N2CCc3sccc3C2)cc1. The fourth-order valence-electron chi connectivity index (χ4n) is 3.91. The van der Waals surface area contributed by atoms with E-state index < -0.39 is 35.1 Å². The molecule has 1 aliphatic rings. The first-order valence-electron chi connectivity index (χ1n) is 10.8. The Morgan fingerprint density at radius 1 is 1.03 bits per heavy atom. The van der Waals surface area contributed by atoms with Crippen LogP contribution in [0, 0.1) is 17.6 Å². The molecule has 0 spiro atoms. The summed E-state index contributed by atoms with van der Waals surface area (Å²) in [6, 6.07) is 11.9. The summed E-state index contributed by atoms with van der Waals surface area (Å²) in [5.74, 6) is -3.66. The monoisotopic (exact) mass is 469 g/mol. The molecule has 0 radical (unpaired) electrons. The number of amides is 2. The molecule has 1 aliphatic heterocycles. The Morgan fingerprint density at radius 2 is 1.73 bits per heavy atom. The van der Waals surface area contributed by atoms with Crippen molar-refractivity contribution >= 4 is 34.5 Å². The third-order valence-electron chi connectivity index (χ3n) is 5.73. The zero-order chi connectivity index (χ0) is 23.5. The van der Waals surface area contributed by atoms with Crippen LogP contribution >= 0.6 is 11.3 Å². The summed E-state index contributed by atoms with van der Waals surface area (Å²) < 4.78 is 27.9. The predicted octanol–water partition coefficient (Wildman–Crippen LogP) is 4.98. The van der Waals surface area contributed by atoms with E-state index in [-0.39, 0.29) is 5.92 Å². The van der Waals surface area contributed by atoms with Crippen molar-refractivity contribution in [1.82, 2.24) is 5.32 Å². The number of hydrogen-bond acceptors (Lipinski definition) is 4. The molecule has 0 saturated heterocycles. The van der Waals surface area contributed by atoms with Crippen LogP contribution in [0.3, 0.4) is 0 Å². The zero-order valence-electron chi connectivity index (χ0n) is 18.4.